The highest BCUT2D eigenvalue weighted by molar-refractivity contribution is 9.10. The molecule has 0 aliphatic heterocycles. The summed E-state index contributed by atoms with van der Waals surface area (Å²) >= 11 is 3.39. The zero-order valence-corrected chi connectivity index (χ0v) is 14.3. The number of aryl methyl sites for hydroxylation is 1. The van der Waals surface area contributed by atoms with Crippen LogP contribution in [0.2, 0.25) is 0 Å². The van der Waals surface area contributed by atoms with Gasteiger partial charge in [0.15, 0.2) is 0 Å². The lowest BCUT2D eigenvalue weighted by Crippen LogP contribution is -2.26. The molecular weight excluding hydrogens is 358 g/mol. The second-order valence-electron chi connectivity index (χ2n) is 4.59. The third-order valence-electron chi connectivity index (χ3n) is 3.00. The van der Waals surface area contributed by atoms with E-state index in [2.05, 4.69) is 25.8 Å². The quantitative estimate of drug-likeness (QED) is 0.871. The van der Waals surface area contributed by atoms with E-state index in [0.717, 1.165) is 10.0 Å². The Kier molecular flexibility index (Phi) is 4.70. The van der Waals surface area contributed by atoms with E-state index in [-0.39, 0.29) is 10.9 Å². The molecule has 0 radical (unpaired) electrons. The number of sulfonamides is 1. The third kappa shape index (κ3) is 3.63. The molecule has 0 saturated heterocycles. The van der Waals surface area contributed by atoms with Crippen LogP contribution in [-0.2, 0) is 17.1 Å². The third-order valence-corrected chi connectivity index (χ3v) is 5.11. The van der Waals surface area contributed by atoms with E-state index in [1.165, 1.54) is 17.1 Å². The van der Waals surface area contributed by atoms with Gasteiger partial charge in [-0.3, -0.25) is 4.68 Å². The highest BCUT2D eigenvalue weighted by atomic mass is 79.9. The van der Waals surface area contributed by atoms with E-state index in [0.29, 0.717) is 5.75 Å². The summed E-state index contributed by atoms with van der Waals surface area (Å²) < 4.78 is 34.5. The van der Waals surface area contributed by atoms with Gasteiger partial charge in [0.1, 0.15) is 10.6 Å². The van der Waals surface area contributed by atoms with Crippen molar-refractivity contribution in [1.82, 2.24) is 14.5 Å². The van der Waals surface area contributed by atoms with Crippen molar-refractivity contribution in [2.45, 2.75) is 17.9 Å². The van der Waals surface area contributed by atoms with Crippen LogP contribution in [-0.4, -0.2) is 25.3 Å². The number of ether oxygens (including phenoxy) is 1. The number of rotatable bonds is 5. The minimum absolute atomic E-state index is 0.143. The van der Waals surface area contributed by atoms with Crippen molar-refractivity contribution >= 4 is 26.0 Å². The summed E-state index contributed by atoms with van der Waals surface area (Å²) in [5.41, 5.74) is 0.829. The van der Waals surface area contributed by atoms with Gasteiger partial charge >= 0.3 is 0 Å². The largest absolute Gasteiger partial charge is 0.496 e. The number of halogens is 1. The molecule has 2 rings (SSSR count). The van der Waals surface area contributed by atoms with E-state index in [9.17, 15) is 8.42 Å². The summed E-state index contributed by atoms with van der Waals surface area (Å²) in [7, 11) is -0.348. The summed E-state index contributed by atoms with van der Waals surface area (Å²) in [5, 5.41) is 3.87. The Bertz CT molecular complexity index is 743. The van der Waals surface area contributed by atoms with Crippen molar-refractivity contribution < 1.29 is 13.2 Å². The predicted octanol–water partition coefficient (Wildman–Crippen LogP) is 2.23. The van der Waals surface area contributed by atoms with Crippen LogP contribution in [0.25, 0.3) is 0 Å². The Morgan fingerprint density at radius 1 is 1.43 bits per heavy atom. The standard InChI is InChI=1S/C13H16BrN3O3S/c1-9(10-4-5-13(20-3)12(14)6-10)16-21(18,19)11-7-15-17(2)8-11/h4-9,16H,1-3H3/t9-/m0/s1. The van der Waals surface area contributed by atoms with Gasteiger partial charge in [-0.2, -0.15) is 5.10 Å². The van der Waals surface area contributed by atoms with Gasteiger partial charge in [-0.15, -0.1) is 0 Å². The Labute approximate surface area is 132 Å². The van der Waals surface area contributed by atoms with Gasteiger partial charge in [-0.25, -0.2) is 13.1 Å². The number of methoxy groups -OCH3 is 1. The molecule has 0 spiro atoms. The summed E-state index contributed by atoms with van der Waals surface area (Å²) in [6, 6.07) is 5.06. The first-order valence-corrected chi connectivity index (χ1v) is 8.45. The Morgan fingerprint density at radius 2 is 2.14 bits per heavy atom. The lowest BCUT2D eigenvalue weighted by atomic mass is 10.1. The summed E-state index contributed by atoms with van der Waals surface area (Å²) in [5.74, 6) is 0.695. The molecule has 1 aromatic carbocycles. The zero-order chi connectivity index (χ0) is 15.6. The van der Waals surface area contributed by atoms with Gasteiger partial charge < -0.3 is 4.74 Å². The first kappa shape index (κ1) is 16.0. The van der Waals surface area contributed by atoms with Crippen molar-refractivity contribution in [3.63, 3.8) is 0 Å². The van der Waals surface area contributed by atoms with Crippen LogP contribution in [0.3, 0.4) is 0 Å². The second kappa shape index (κ2) is 6.17. The first-order valence-electron chi connectivity index (χ1n) is 6.18. The molecule has 0 bridgehead atoms. The summed E-state index contributed by atoms with van der Waals surface area (Å²) in [6.45, 7) is 1.78. The molecule has 0 aliphatic rings. The molecule has 0 fully saturated rings. The van der Waals surface area contributed by atoms with Gasteiger partial charge in [-0.1, -0.05) is 6.07 Å². The minimum atomic E-state index is -3.60. The van der Waals surface area contributed by atoms with Crippen LogP contribution in [0.1, 0.15) is 18.5 Å². The highest BCUT2D eigenvalue weighted by Gasteiger charge is 2.20. The number of aromatic nitrogens is 2. The van der Waals surface area contributed by atoms with Crippen LogP contribution in [0.4, 0.5) is 0 Å². The van der Waals surface area contributed by atoms with E-state index < -0.39 is 10.0 Å². The Hall–Kier alpha value is -1.38. The molecule has 0 unspecified atom stereocenters. The van der Waals surface area contributed by atoms with Gasteiger partial charge in [0, 0.05) is 19.3 Å². The van der Waals surface area contributed by atoms with Crippen LogP contribution < -0.4 is 9.46 Å². The first-order chi connectivity index (χ1) is 9.83. The molecule has 8 heteroatoms. The maximum Gasteiger partial charge on any atom is 0.244 e. The number of nitrogens with one attached hydrogen (secondary N) is 1. The fraction of sp³-hybridized carbons (Fsp3) is 0.308. The monoisotopic (exact) mass is 373 g/mol. The second-order valence-corrected chi connectivity index (χ2v) is 7.15. The molecule has 1 N–H and O–H groups in total. The topological polar surface area (TPSA) is 73.2 Å². The minimum Gasteiger partial charge on any atom is -0.496 e. The molecule has 0 amide bonds. The fourth-order valence-electron chi connectivity index (χ4n) is 1.86. The lowest BCUT2D eigenvalue weighted by Gasteiger charge is -2.15. The average molecular weight is 374 g/mol. The molecule has 0 saturated carbocycles. The molecule has 1 atom stereocenters. The van der Waals surface area contributed by atoms with Crippen LogP contribution in [0.15, 0.2) is 40.0 Å². The summed E-state index contributed by atoms with van der Waals surface area (Å²) in [6.07, 6.45) is 2.78. The molecule has 6 nitrogen and oxygen atoms in total. The van der Waals surface area contributed by atoms with Crippen molar-refractivity contribution in [3.8, 4) is 5.75 Å². The number of hydrogen-bond acceptors (Lipinski definition) is 4. The van der Waals surface area contributed by atoms with E-state index in [1.54, 1.807) is 27.1 Å². The van der Waals surface area contributed by atoms with Crippen molar-refractivity contribution in [2.75, 3.05) is 7.11 Å². The van der Waals surface area contributed by atoms with Gasteiger partial charge in [0.2, 0.25) is 10.0 Å². The van der Waals surface area contributed by atoms with E-state index in [1.807, 2.05) is 12.1 Å². The van der Waals surface area contributed by atoms with Crippen LogP contribution in [0.5, 0.6) is 5.75 Å². The van der Waals surface area contributed by atoms with Crippen molar-refractivity contribution in [2.24, 2.45) is 7.05 Å². The lowest BCUT2D eigenvalue weighted by molar-refractivity contribution is 0.412. The highest BCUT2D eigenvalue weighted by Crippen LogP contribution is 2.28. The zero-order valence-electron chi connectivity index (χ0n) is 11.9. The molecular formula is C13H16BrN3O3S. The Morgan fingerprint density at radius 3 is 2.67 bits per heavy atom. The summed E-state index contributed by atoms with van der Waals surface area (Å²) in [4.78, 5) is 0.143. The molecule has 21 heavy (non-hydrogen) atoms. The Balaban J connectivity index is 2.21. The SMILES string of the molecule is COc1ccc([C@H](C)NS(=O)(=O)c2cnn(C)c2)cc1Br. The number of nitrogens with zero attached hydrogens (tertiary/aromatic N) is 2. The van der Waals surface area contributed by atoms with Crippen molar-refractivity contribution in [1.29, 1.82) is 0 Å². The molecule has 1 heterocycles. The average Bonchev–Trinajstić information content (AvgIpc) is 2.85. The van der Waals surface area contributed by atoms with Crippen LogP contribution in [0, 0.1) is 0 Å². The number of benzene rings is 1. The number of hydrogen-bond donors (Lipinski definition) is 1. The van der Waals surface area contributed by atoms with Gasteiger partial charge in [0.05, 0.1) is 17.8 Å². The molecule has 1 aromatic heterocycles. The van der Waals surface area contributed by atoms with Gasteiger partial charge in [0.25, 0.3) is 0 Å². The van der Waals surface area contributed by atoms with Crippen LogP contribution >= 0.6 is 15.9 Å². The molecule has 0 aliphatic carbocycles. The maximum absolute atomic E-state index is 12.2. The maximum atomic E-state index is 12.2. The molecule has 2 aromatic rings. The molecule has 114 valence electrons. The van der Waals surface area contributed by atoms with E-state index >= 15 is 0 Å². The van der Waals surface area contributed by atoms with E-state index in [4.69, 9.17) is 4.74 Å². The predicted molar refractivity (Wildman–Crippen MR) is 82.6 cm³/mol. The fourth-order valence-corrected chi connectivity index (χ4v) is 3.63. The van der Waals surface area contributed by atoms with Crippen molar-refractivity contribution in [3.05, 3.63) is 40.6 Å². The normalized spacial score (nSPS) is 13.1. The van der Waals surface area contributed by atoms with Gasteiger partial charge in [-0.05, 0) is 40.5 Å². The smallest absolute Gasteiger partial charge is 0.244 e.